The summed E-state index contributed by atoms with van der Waals surface area (Å²) in [5, 5.41) is 4.75. The SMILES string of the molecule is CSC1CCCCC1NC1CC(C)C1. The van der Waals surface area contributed by atoms with E-state index in [2.05, 4.69) is 30.3 Å². The van der Waals surface area contributed by atoms with Crippen LogP contribution in [0.15, 0.2) is 0 Å². The monoisotopic (exact) mass is 213 g/mol. The van der Waals surface area contributed by atoms with E-state index in [-0.39, 0.29) is 0 Å². The second kappa shape index (κ2) is 4.89. The van der Waals surface area contributed by atoms with Crippen LogP contribution in [0, 0.1) is 5.92 Å². The van der Waals surface area contributed by atoms with Crippen molar-refractivity contribution in [2.24, 2.45) is 5.92 Å². The topological polar surface area (TPSA) is 12.0 Å². The van der Waals surface area contributed by atoms with Crippen molar-refractivity contribution < 1.29 is 0 Å². The van der Waals surface area contributed by atoms with E-state index in [1.54, 1.807) is 0 Å². The van der Waals surface area contributed by atoms with Crippen LogP contribution in [0.25, 0.3) is 0 Å². The van der Waals surface area contributed by atoms with E-state index in [1.807, 2.05) is 0 Å². The molecule has 2 fully saturated rings. The molecule has 82 valence electrons. The fourth-order valence-corrected chi connectivity index (χ4v) is 3.86. The summed E-state index contributed by atoms with van der Waals surface area (Å²) in [4.78, 5) is 0. The maximum atomic E-state index is 3.87. The summed E-state index contributed by atoms with van der Waals surface area (Å²) in [6.07, 6.45) is 10.8. The summed E-state index contributed by atoms with van der Waals surface area (Å²) in [6, 6.07) is 1.67. The van der Waals surface area contributed by atoms with Crippen molar-refractivity contribution >= 4 is 11.8 Å². The first kappa shape index (κ1) is 10.8. The Morgan fingerprint density at radius 1 is 1.14 bits per heavy atom. The zero-order chi connectivity index (χ0) is 9.97. The Balaban J connectivity index is 1.77. The van der Waals surface area contributed by atoms with Crippen molar-refractivity contribution in [3.63, 3.8) is 0 Å². The molecule has 2 rings (SSSR count). The molecule has 0 aliphatic heterocycles. The highest BCUT2D eigenvalue weighted by Gasteiger charge is 2.31. The molecule has 1 nitrogen and oxygen atoms in total. The first-order valence-electron chi connectivity index (χ1n) is 6.08. The molecule has 2 aliphatic carbocycles. The van der Waals surface area contributed by atoms with Gasteiger partial charge < -0.3 is 5.32 Å². The van der Waals surface area contributed by atoms with Gasteiger partial charge in [-0.2, -0.15) is 11.8 Å². The molecule has 0 heterocycles. The summed E-state index contributed by atoms with van der Waals surface area (Å²) < 4.78 is 0. The van der Waals surface area contributed by atoms with E-state index in [4.69, 9.17) is 0 Å². The number of rotatable bonds is 3. The van der Waals surface area contributed by atoms with Crippen LogP contribution in [0.4, 0.5) is 0 Å². The molecule has 2 aliphatic rings. The van der Waals surface area contributed by atoms with Crippen molar-refractivity contribution in [2.45, 2.75) is 62.8 Å². The Kier molecular flexibility index (Phi) is 3.78. The molecule has 0 bridgehead atoms. The molecular formula is C12H23NS. The van der Waals surface area contributed by atoms with E-state index >= 15 is 0 Å². The van der Waals surface area contributed by atoms with Crippen LogP contribution in [0.3, 0.4) is 0 Å². The first-order chi connectivity index (χ1) is 6.79. The lowest BCUT2D eigenvalue weighted by Gasteiger charge is -2.40. The molecule has 0 aromatic heterocycles. The molecule has 0 radical (unpaired) electrons. The van der Waals surface area contributed by atoms with Crippen LogP contribution >= 0.6 is 11.8 Å². The van der Waals surface area contributed by atoms with Crippen LogP contribution in [0.5, 0.6) is 0 Å². The fraction of sp³-hybridized carbons (Fsp3) is 1.00. The molecule has 2 unspecified atom stereocenters. The van der Waals surface area contributed by atoms with Crippen LogP contribution in [-0.2, 0) is 0 Å². The van der Waals surface area contributed by atoms with Crippen molar-refractivity contribution in [2.75, 3.05) is 6.26 Å². The molecule has 0 aromatic rings. The largest absolute Gasteiger partial charge is 0.310 e. The third-order valence-corrected chi connectivity index (χ3v) is 5.00. The van der Waals surface area contributed by atoms with E-state index in [9.17, 15) is 0 Å². The fourth-order valence-electron chi connectivity index (χ4n) is 2.91. The number of hydrogen-bond donors (Lipinski definition) is 1. The highest BCUT2D eigenvalue weighted by Crippen LogP contribution is 2.31. The Morgan fingerprint density at radius 3 is 2.50 bits per heavy atom. The van der Waals surface area contributed by atoms with Gasteiger partial charge in [0, 0.05) is 17.3 Å². The predicted octanol–water partition coefficient (Wildman–Crippen LogP) is 3.05. The van der Waals surface area contributed by atoms with Gasteiger partial charge in [-0.3, -0.25) is 0 Å². The zero-order valence-electron chi connectivity index (χ0n) is 9.46. The van der Waals surface area contributed by atoms with E-state index in [1.165, 1.54) is 38.5 Å². The minimum absolute atomic E-state index is 0.816. The molecule has 0 amide bonds. The molecule has 2 atom stereocenters. The van der Waals surface area contributed by atoms with E-state index < -0.39 is 0 Å². The third kappa shape index (κ3) is 2.46. The van der Waals surface area contributed by atoms with Gasteiger partial charge in [0.2, 0.25) is 0 Å². The van der Waals surface area contributed by atoms with Gasteiger partial charge in [-0.05, 0) is 37.9 Å². The number of thioether (sulfide) groups is 1. The second-order valence-electron chi connectivity index (χ2n) is 5.11. The van der Waals surface area contributed by atoms with Crippen molar-refractivity contribution in [3.8, 4) is 0 Å². The van der Waals surface area contributed by atoms with Crippen molar-refractivity contribution in [1.82, 2.24) is 5.32 Å². The second-order valence-corrected chi connectivity index (χ2v) is 6.18. The number of nitrogens with one attached hydrogen (secondary N) is 1. The summed E-state index contributed by atoms with van der Waals surface area (Å²) in [5.41, 5.74) is 0. The summed E-state index contributed by atoms with van der Waals surface area (Å²) in [7, 11) is 0. The minimum atomic E-state index is 0.816. The molecule has 14 heavy (non-hydrogen) atoms. The lowest BCUT2D eigenvalue weighted by Crippen LogP contribution is -2.50. The van der Waals surface area contributed by atoms with Gasteiger partial charge in [0.25, 0.3) is 0 Å². The lowest BCUT2D eigenvalue weighted by molar-refractivity contribution is 0.207. The quantitative estimate of drug-likeness (QED) is 0.773. The van der Waals surface area contributed by atoms with E-state index in [0.29, 0.717) is 0 Å². The van der Waals surface area contributed by atoms with Gasteiger partial charge in [0.1, 0.15) is 0 Å². The average molecular weight is 213 g/mol. The van der Waals surface area contributed by atoms with Gasteiger partial charge in [-0.25, -0.2) is 0 Å². The Labute approximate surface area is 92.4 Å². The van der Waals surface area contributed by atoms with Gasteiger partial charge in [0.15, 0.2) is 0 Å². The van der Waals surface area contributed by atoms with Crippen molar-refractivity contribution in [3.05, 3.63) is 0 Å². The molecule has 0 spiro atoms. The molecule has 2 saturated carbocycles. The highest BCUT2D eigenvalue weighted by atomic mass is 32.2. The van der Waals surface area contributed by atoms with Gasteiger partial charge in [0.05, 0.1) is 0 Å². The highest BCUT2D eigenvalue weighted by molar-refractivity contribution is 7.99. The molecule has 2 heteroatoms. The molecule has 0 aromatic carbocycles. The standard InChI is InChI=1S/C12H23NS/c1-9-7-10(8-9)13-11-5-3-4-6-12(11)14-2/h9-13H,3-8H2,1-2H3. The van der Waals surface area contributed by atoms with Crippen LogP contribution < -0.4 is 5.32 Å². The summed E-state index contributed by atoms with van der Waals surface area (Å²) in [6.45, 7) is 2.37. The van der Waals surface area contributed by atoms with Gasteiger partial charge >= 0.3 is 0 Å². The van der Waals surface area contributed by atoms with Crippen LogP contribution in [-0.4, -0.2) is 23.6 Å². The number of hydrogen-bond acceptors (Lipinski definition) is 2. The maximum absolute atomic E-state index is 3.87. The Morgan fingerprint density at radius 2 is 1.86 bits per heavy atom. The normalized spacial score (nSPS) is 43.3. The van der Waals surface area contributed by atoms with Crippen molar-refractivity contribution in [1.29, 1.82) is 0 Å². The van der Waals surface area contributed by atoms with E-state index in [0.717, 1.165) is 23.3 Å². The van der Waals surface area contributed by atoms with Gasteiger partial charge in [-0.1, -0.05) is 19.8 Å². The predicted molar refractivity (Wildman–Crippen MR) is 64.9 cm³/mol. The summed E-state index contributed by atoms with van der Waals surface area (Å²) >= 11 is 2.07. The molecule has 1 N–H and O–H groups in total. The maximum Gasteiger partial charge on any atom is 0.0198 e. The van der Waals surface area contributed by atoms with Crippen LogP contribution in [0.2, 0.25) is 0 Å². The zero-order valence-corrected chi connectivity index (χ0v) is 10.3. The average Bonchev–Trinajstić information content (AvgIpc) is 2.16. The smallest absolute Gasteiger partial charge is 0.0198 e. The molecular weight excluding hydrogens is 190 g/mol. The minimum Gasteiger partial charge on any atom is -0.310 e. The Hall–Kier alpha value is 0.310. The lowest BCUT2D eigenvalue weighted by atomic mass is 9.80. The first-order valence-corrected chi connectivity index (χ1v) is 7.37. The summed E-state index contributed by atoms with van der Waals surface area (Å²) in [5.74, 6) is 0.976. The third-order valence-electron chi connectivity index (χ3n) is 3.83. The van der Waals surface area contributed by atoms with Crippen LogP contribution in [0.1, 0.15) is 45.4 Å². The Bertz CT molecular complexity index is 177. The molecule has 0 saturated heterocycles. The van der Waals surface area contributed by atoms with Gasteiger partial charge in [-0.15, -0.1) is 0 Å².